The van der Waals surface area contributed by atoms with E-state index in [0.29, 0.717) is 32.0 Å². The van der Waals surface area contributed by atoms with Crippen molar-refractivity contribution in [2.75, 3.05) is 31.1 Å². The molecule has 1 fully saturated rings. The summed E-state index contributed by atoms with van der Waals surface area (Å²) in [5.74, 6) is 0.547. The molecule has 1 amide bonds. The fraction of sp³-hybridized carbons (Fsp3) is 0.278. The average molecular weight is 367 g/mol. The predicted molar refractivity (Wildman–Crippen MR) is 96.2 cm³/mol. The smallest absolute Gasteiger partial charge is 0.257 e. The quantitative estimate of drug-likeness (QED) is 0.697. The van der Waals surface area contributed by atoms with Crippen LogP contribution in [0.4, 0.5) is 10.2 Å². The van der Waals surface area contributed by atoms with Crippen molar-refractivity contribution in [2.24, 2.45) is 0 Å². The minimum Gasteiger partial charge on any atom is -0.353 e. The van der Waals surface area contributed by atoms with Crippen LogP contribution in [0.15, 0.2) is 43.1 Å². The number of hydrogen-bond donors (Lipinski definition) is 0. The van der Waals surface area contributed by atoms with Crippen LogP contribution in [0, 0.1) is 12.7 Å². The summed E-state index contributed by atoms with van der Waals surface area (Å²) >= 11 is 0. The van der Waals surface area contributed by atoms with Crippen LogP contribution in [-0.4, -0.2) is 61.7 Å². The fourth-order valence-corrected chi connectivity index (χ4v) is 3.04. The summed E-state index contributed by atoms with van der Waals surface area (Å²) in [6, 6.07) is 5.18. The Hall–Kier alpha value is -3.36. The third kappa shape index (κ3) is 3.48. The summed E-state index contributed by atoms with van der Waals surface area (Å²) in [7, 11) is 0. The Kier molecular flexibility index (Phi) is 4.49. The molecule has 0 atom stereocenters. The molecule has 8 nitrogen and oxygen atoms in total. The zero-order valence-electron chi connectivity index (χ0n) is 14.8. The lowest BCUT2D eigenvalue weighted by Crippen LogP contribution is -2.49. The monoisotopic (exact) mass is 367 g/mol. The summed E-state index contributed by atoms with van der Waals surface area (Å²) in [5, 5.41) is 4.36. The second-order valence-electron chi connectivity index (χ2n) is 6.27. The van der Waals surface area contributed by atoms with E-state index in [0.717, 1.165) is 17.7 Å². The molecule has 4 rings (SSSR count). The Bertz CT molecular complexity index is 966. The molecule has 0 N–H and O–H groups in total. The van der Waals surface area contributed by atoms with Crippen LogP contribution < -0.4 is 4.90 Å². The number of hydrogen-bond acceptors (Lipinski definition) is 6. The average Bonchev–Trinajstić information content (AvgIpc) is 3.14. The zero-order chi connectivity index (χ0) is 18.8. The van der Waals surface area contributed by atoms with Crippen LogP contribution in [0.1, 0.15) is 16.1 Å². The minimum atomic E-state index is -0.597. The van der Waals surface area contributed by atoms with E-state index < -0.39 is 5.82 Å². The van der Waals surface area contributed by atoms with Gasteiger partial charge in [0.25, 0.3) is 5.91 Å². The van der Waals surface area contributed by atoms with Gasteiger partial charge in [0.2, 0.25) is 0 Å². The number of anilines is 1. The molecular formula is C18H18FN7O. The Labute approximate surface area is 155 Å². The van der Waals surface area contributed by atoms with E-state index in [2.05, 4.69) is 25.0 Å². The summed E-state index contributed by atoms with van der Waals surface area (Å²) in [6.45, 7) is 4.10. The van der Waals surface area contributed by atoms with E-state index in [1.165, 1.54) is 18.6 Å². The number of carbonyl (C=O) groups excluding carboxylic acids is 1. The van der Waals surface area contributed by atoms with Gasteiger partial charge in [-0.15, -0.1) is 0 Å². The molecule has 0 aromatic carbocycles. The Morgan fingerprint density at radius 3 is 2.59 bits per heavy atom. The van der Waals surface area contributed by atoms with Gasteiger partial charge in [-0.25, -0.2) is 19.0 Å². The first-order chi connectivity index (χ1) is 13.1. The molecule has 27 heavy (non-hydrogen) atoms. The molecule has 0 spiro atoms. The van der Waals surface area contributed by atoms with Gasteiger partial charge in [0.15, 0.2) is 11.6 Å². The van der Waals surface area contributed by atoms with Gasteiger partial charge in [0.05, 0.1) is 17.5 Å². The van der Waals surface area contributed by atoms with Crippen LogP contribution in [0.5, 0.6) is 0 Å². The van der Waals surface area contributed by atoms with Crippen molar-refractivity contribution in [3.05, 3.63) is 60.2 Å². The van der Waals surface area contributed by atoms with Gasteiger partial charge in [-0.2, -0.15) is 5.10 Å². The van der Waals surface area contributed by atoms with Crippen molar-refractivity contribution in [2.45, 2.75) is 6.92 Å². The molecule has 3 aromatic heterocycles. The molecule has 0 bridgehead atoms. The van der Waals surface area contributed by atoms with Gasteiger partial charge in [-0.3, -0.25) is 9.78 Å². The highest BCUT2D eigenvalue weighted by Crippen LogP contribution is 2.17. The Morgan fingerprint density at radius 2 is 1.89 bits per heavy atom. The first kappa shape index (κ1) is 17.1. The van der Waals surface area contributed by atoms with Crippen molar-refractivity contribution in [3.63, 3.8) is 0 Å². The van der Waals surface area contributed by atoms with Crippen molar-refractivity contribution >= 4 is 11.7 Å². The van der Waals surface area contributed by atoms with Crippen LogP contribution >= 0.6 is 0 Å². The van der Waals surface area contributed by atoms with Gasteiger partial charge in [-0.1, -0.05) is 0 Å². The van der Waals surface area contributed by atoms with E-state index in [4.69, 9.17) is 0 Å². The highest BCUT2D eigenvalue weighted by molar-refractivity contribution is 5.94. The van der Waals surface area contributed by atoms with Crippen molar-refractivity contribution in [1.82, 2.24) is 29.6 Å². The molecule has 3 aromatic rings. The Balaban J connectivity index is 1.45. The first-order valence-corrected chi connectivity index (χ1v) is 8.60. The maximum atomic E-state index is 13.8. The second kappa shape index (κ2) is 7.10. The van der Waals surface area contributed by atoms with Gasteiger partial charge in [0.1, 0.15) is 12.1 Å². The highest BCUT2D eigenvalue weighted by atomic mass is 19.1. The number of carbonyl (C=O) groups is 1. The lowest BCUT2D eigenvalue weighted by Gasteiger charge is -2.35. The SMILES string of the molecule is Cc1ccn(-c2cc(N3CCN(C(=O)c4ccncc4F)CC3)ncn2)n1. The van der Waals surface area contributed by atoms with E-state index >= 15 is 0 Å². The van der Waals surface area contributed by atoms with Crippen LogP contribution in [0.2, 0.25) is 0 Å². The number of piperazine rings is 1. The minimum absolute atomic E-state index is 0.0526. The number of amides is 1. The standard InChI is InChI=1S/C18H18FN7O/c1-13-3-5-26(23-13)17-10-16(21-12-22-17)24-6-8-25(9-7-24)18(27)14-2-4-20-11-15(14)19/h2-5,10-12H,6-9H2,1H3. The summed E-state index contributed by atoms with van der Waals surface area (Å²) in [6.07, 6.45) is 5.84. The largest absolute Gasteiger partial charge is 0.353 e. The molecular weight excluding hydrogens is 349 g/mol. The molecule has 0 saturated carbocycles. The van der Waals surface area contributed by atoms with Crippen LogP contribution in [-0.2, 0) is 0 Å². The van der Waals surface area contributed by atoms with E-state index in [-0.39, 0.29) is 11.5 Å². The third-order valence-electron chi connectivity index (χ3n) is 4.49. The topological polar surface area (TPSA) is 80.0 Å². The molecule has 138 valence electrons. The molecule has 0 unspecified atom stereocenters. The van der Waals surface area contributed by atoms with Crippen LogP contribution in [0.25, 0.3) is 5.82 Å². The number of halogens is 1. The lowest BCUT2D eigenvalue weighted by molar-refractivity contribution is 0.0741. The molecule has 1 aliphatic heterocycles. The van der Waals surface area contributed by atoms with Crippen molar-refractivity contribution in [3.8, 4) is 5.82 Å². The number of aryl methyl sites for hydroxylation is 1. The highest BCUT2D eigenvalue weighted by Gasteiger charge is 2.25. The predicted octanol–water partition coefficient (Wildman–Crippen LogP) is 1.47. The maximum absolute atomic E-state index is 13.8. The van der Waals surface area contributed by atoms with E-state index in [1.54, 1.807) is 9.58 Å². The van der Waals surface area contributed by atoms with Crippen molar-refractivity contribution in [1.29, 1.82) is 0 Å². The molecule has 0 aliphatic carbocycles. The second-order valence-corrected chi connectivity index (χ2v) is 6.27. The molecule has 9 heteroatoms. The molecule has 1 aliphatic rings. The lowest BCUT2D eigenvalue weighted by atomic mass is 10.2. The number of pyridine rings is 1. The van der Waals surface area contributed by atoms with Gasteiger partial charge < -0.3 is 9.80 Å². The van der Waals surface area contributed by atoms with Crippen LogP contribution in [0.3, 0.4) is 0 Å². The number of aromatic nitrogens is 5. The van der Waals surface area contributed by atoms with E-state index in [1.807, 2.05) is 25.3 Å². The molecule has 1 saturated heterocycles. The Morgan fingerprint density at radius 1 is 1.11 bits per heavy atom. The fourth-order valence-electron chi connectivity index (χ4n) is 3.04. The first-order valence-electron chi connectivity index (χ1n) is 8.60. The van der Waals surface area contributed by atoms with Crippen molar-refractivity contribution < 1.29 is 9.18 Å². The number of rotatable bonds is 3. The van der Waals surface area contributed by atoms with Gasteiger partial charge >= 0.3 is 0 Å². The molecule has 0 radical (unpaired) electrons. The van der Waals surface area contributed by atoms with E-state index in [9.17, 15) is 9.18 Å². The zero-order valence-corrected chi connectivity index (χ0v) is 14.8. The number of nitrogens with zero attached hydrogens (tertiary/aromatic N) is 7. The maximum Gasteiger partial charge on any atom is 0.257 e. The van der Waals surface area contributed by atoms with Gasteiger partial charge in [0, 0.05) is 44.6 Å². The third-order valence-corrected chi connectivity index (χ3v) is 4.49. The normalized spacial score (nSPS) is 14.4. The summed E-state index contributed by atoms with van der Waals surface area (Å²) < 4.78 is 15.5. The molecule has 4 heterocycles. The summed E-state index contributed by atoms with van der Waals surface area (Å²) in [4.78, 5) is 28.5. The summed E-state index contributed by atoms with van der Waals surface area (Å²) in [5.41, 5.74) is 0.961. The van der Waals surface area contributed by atoms with Gasteiger partial charge in [-0.05, 0) is 19.1 Å².